The van der Waals surface area contributed by atoms with Crippen molar-refractivity contribution < 1.29 is 4.74 Å². The van der Waals surface area contributed by atoms with E-state index in [2.05, 4.69) is 32.9 Å². The van der Waals surface area contributed by atoms with Gasteiger partial charge in [-0.3, -0.25) is 0 Å². The Morgan fingerprint density at radius 1 is 1.33 bits per heavy atom. The molecule has 0 radical (unpaired) electrons. The summed E-state index contributed by atoms with van der Waals surface area (Å²) in [6, 6.07) is 4.50. The van der Waals surface area contributed by atoms with E-state index in [-0.39, 0.29) is 0 Å². The fraction of sp³-hybridized carbons (Fsp3) is 0.571. The van der Waals surface area contributed by atoms with E-state index < -0.39 is 0 Å². The molecule has 0 amide bonds. The minimum Gasteiger partial charge on any atom is -0.493 e. The van der Waals surface area contributed by atoms with Crippen LogP contribution in [0.2, 0.25) is 0 Å². The van der Waals surface area contributed by atoms with Crippen molar-refractivity contribution in [1.29, 1.82) is 0 Å². The molecule has 1 nitrogen and oxygen atoms in total. The van der Waals surface area contributed by atoms with E-state index in [1.54, 1.807) is 0 Å². The van der Waals surface area contributed by atoms with Crippen LogP contribution in [0.3, 0.4) is 0 Å². The van der Waals surface area contributed by atoms with Gasteiger partial charge >= 0.3 is 0 Å². The van der Waals surface area contributed by atoms with Crippen LogP contribution >= 0.6 is 0 Å². The maximum atomic E-state index is 5.90. The van der Waals surface area contributed by atoms with Gasteiger partial charge in [0, 0.05) is 11.5 Å². The highest BCUT2D eigenvalue weighted by atomic mass is 16.5. The second kappa shape index (κ2) is 3.01. The maximum absolute atomic E-state index is 5.90. The summed E-state index contributed by atoms with van der Waals surface area (Å²) in [6.07, 6.45) is 1.34. The molecule has 0 bridgehead atoms. The topological polar surface area (TPSA) is 9.23 Å². The summed E-state index contributed by atoms with van der Waals surface area (Å²) in [7, 11) is 0. The van der Waals surface area contributed by atoms with Crippen molar-refractivity contribution in [3.05, 3.63) is 28.8 Å². The van der Waals surface area contributed by atoms with Gasteiger partial charge in [0.05, 0.1) is 6.61 Å². The second-order valence-corrected chi connectivity index (χ2v) is 5.28. The normalized spacial score (nSPS) is 26.9. The van der Waals surface area contributed by atoms with Crippen LogP contribution in [0.25, 0.3) is 0 Å². The molecule has 1 aliphatic carbocycles. The molecule has 0 spiro atoms. The third-order valence-electron chi connectivity index (χ3n) is 3.78. The molecule has 1 aromatic rings. The standard InChI is InChI=1S/C14H18O/c1-8(2)11-5-4-9(3)14-13(11)12-6-10(12)7-15-14/h4-5,8,10,12H,6-7H2,1-3H3. The van der Waals surface area contributed by atoms with Gasteiger partial charge < -0.3 is 4.74 Å². The van der Waals surface area contributed by atoms with Gasteiger partial charge in [-0.25, -0.2) is 0 Å². The lowest BCUT2D eigenvalue weighted by molar-refractivity contribution is 0.276. The SMILES string of the molecule is Cc1ccc(C(C)C)c2c1OCC1CC21. The number of aryl methyl sites for hydroxylation is 1. The van der Waals surface area contributed by atoms with E-state index in [1.807, 2.05) is 0 Å². The molecule has 2 aliphatic rings. The molecule has 2 unspecified atom stereocenters. The molecular weight excluding hydrogens is 184 g/mol. The van der Waals surface area contributed by atoms with Crippen molar-refractivity contribution in [3.63, 3.8) is 0 Å². The molecule has 1 aliphatic heterocycles. The molecule has 3 rings (SSSR count). The van der Waals surface area contributed by atoms with E-state index >= 15 is 0 Å². The van der Waals surface area contributed by atoms with Crippen LogP contribution in [0.1, 0.15) is 48.8 Å². The minimum absolute atomic E-state index is 0.613. The summed E-state index contributed by atoms with van der Waals surface area (Å²) < 4.78 is 5.90. The Balaban J connectivity index is 2.18. The van der Waals surface area contributed by atoms with Crippen molar-refractivity contribution in [2.24, 2.45) is 5.92 Å². The highest BCUT2D eigenvalue weighted by Gasteiger charge is 2.45. The Hall–Kier alpha value is -0.980. The van der Waals surface area contributed by atoms with E-state index in [0.717, 1.165) is 18.4 Å². The van der Waals surface area contributed by atoms with Crippen LogP contribution in [0.4, 0.5) is 0 Å². The van der Waals surface area contributed by atoms with Gasteiger partial charge in [0.25, 0.3) is 0 Å². The summed E-state index contributed by atoms with van der Waals surface area (Å²) >= 11 is 0. The first-order valence-electron chi connectivity index (χ1n) is 5.94. The number of benzene rings is 1. The first-order valence-corrected chi connectivity index (χ1v) is 5.94. The predicted octanol–water partition coefficient (Wildman–Crippen LogP) is 3.61. The lowest BCUT2D eigenvalue weighted by Crippen LogP contribution is -2.12. The van der Waals surface area contributed by atoms with Crippen molar-refractivity contribution >= 4 is 0 Å². The van der Waals surface area contributed by atoms with Crippen LogP contribution in [0, 0.1) is 12.8 Å². The predicted molar refractivity (Wildman–Crippen MR) is 61.6 cm³/mol. The summed E-state index contributed by atoms with van der Waals surface area (Å²) in [5, 5.41) is 0. The lowest BCUT2D eigenvalue weighted by atomic mass is 9.90. The number of fused-ring (bicyclic) bond motifs is 3. The third kappa shape index (κ3) is 1.29. The Kier molecular flexibility index (Phi) is 1.86. The van der Waals surface area contributed by atoms with E-state index in [0.29, 0.717) is 5.92 Å². The average molecular weight is 202 g/mol. The van der Waals surface area contributed by atoms with Crippen molar-refractivity contribution in [2.75, 3.05) is 6.61 Å². The van der Waals surface area contributed by atoms with E-state index in [1.165, 1.54) is 28.9 Å². The first-order chi connectivity index (χ1) is 7.18. The monoisotopic (exact) mass is 202 g/mol. The van der Waals surface area contributed by atoms with Crippen LogP contribution in [0.5, 0.6) is 5.75 Å². The molecule has 1 saturated carbocycles. The summed E-state index contributed by atoms with van der Waals surface area (Å²) in [4.78, 5) is 0. The molecule has 1 heteroatoms. The highest BCUT2D eigenvalue weighted by Crippen LogP contribution is 2.56. The molecule has 80 valence electrons. The largest absolute Gasteiger partial charge is 0.493 e. The smallest absolute Gasteiger partial charge is 0.125 e. The van der Waals surface area contributed by atoms with Gasteiger partial charge in [-0.1, -0.05) is 26.0 Å². The Morgan fingerprint density at radius 3 is 2.87 bits per heavy atom. The summed E-state index contributed by atoms with van der Waals surface area (Å²) in [6.45, 7) is 7.65. The zero-order valence-electron chi connectivity index (χ0n) is 9.71. The first kappa shape index (κ1) is 9.26. The molecule has 0 N–H and O–H groups in total. The Morgan fingerprint density at radius 2 is 2.13 bits per heavy atom. The van der Waals surface area contributed by atoms with Crippen LogP contribution < -0.4 is 4.74 Å². The Bertz CT molecular complexity index is 406. The fourth-order valence-corrected chi connectivity index (χ4v) is 2.78. The molecule has 2 atom stereocenters. The average Bonchev–Trinajstić information content (AvgIpc) is 2.96. The van der Waals surface area contributed by atoms with Crippen LogP contribution in [-0.2, 0) is 0 Å². The lowest BCUT2D eigenvalue weighted by Gasteiger charge is -2.23. The van der Waals surface area contributed by atoms with Gasteiger partial charge in [0.2, 0.25) is 0 Å². The fourth-order valence-electron chi connectivity index (χ4n) is 2.78. The minimum atomic E-state index is 0.613. The van der Waals surface area contributed by atoms with Gasteiger partial charge in [-0.15, -0.1) is 0 Å². The molecule has 1 fully saturated rings. The second-order valence-electron chi connectivity index (χ2n) is 5.28. The highest BCUT2D eigenvalue weighted by molar-refractivity contribution is 5.52. The molecule has 0 saturated heterocycles. The number of hydrogen-bond donors (Lipinski definition) is 0. The van der Waals surface area contributed by atoms with Crippen molar-refractivity contribution in [3.8, 4) is 5.75 Å². The van der Waals surface area contributed by atoms with E-state index in [4.69, 9.17) is 4.74 Å². The zero-order valence-corrected chi connectivity index (χ0v) is 9.71. The number of hydrogen-bond acceptors (Lipinski definition) is 1. The van der Waals surface area contributed by atoms with Crippen LogP contribution in [0.15, 0.2) is 12.1 Å². The maximum Gasteiger partial charge on any atom is 0.125 e. The molecule has 0 aromatic heterocycles. The van der Waals surface area contributed by atoms with Gasteiger partial charge in [-0.2, -0.15) is 0 Å². The van der Waals surface area contributed by atoms with Crippen molar-refractivity contribution in [2.45, 2.75) is 39.0 Å². The molecular formula is C14H18O. The summed E-state index contributed by atoms with van der Waals surface area (Å²) in [5.74, 6) is 3.44. The summed E-state index contributed by atoms with van der Waals surface area (Å²) in [5.41, 5.74) is 4.34. The van der Waals surface area contributed by atoms with Crippen LogP contribution in [-0.4, -0.2) is 6.61 Å². The number of ether oxygens (including phenoxy) is 1. The molecule has 1 heterocycles. The quantitative estimate of drug-likeness (QED) is 0.676. The zero-order chi connectivity index (χ0) is 10.6. The van der Waals surface area contributed by atoms with Gasteiger partial charge in [-0.05, 0) is 36.3 Å². The van der Waals surface area contributed by atoms with Crippen molar-refractivity contribution in [1.82, 2.24) is 0 Å². The number of rotatable bonds is 1. The van der Waals surface area contributed by atoms with Gasteiger partial charge in [0.15, 0.2) is 0 Å². The Labute approximate surface area is 91.5 Å². The third-order valence-corrected chi connectivity index (χ3v) is 3.78. The molecule has 15 heavy (non-hydrogen) atoms. The van der Waals surface area contributed by atoms with E-state index in [9.17, 15) is 0 Å². The van der Waals surface area contributed by atoms with Gasteiger partial charge in [0.1, 0.15) is 5.75 Å². The molecule has 1 aromatic carbocycles.